The Labute approximate surface area is 393 Å². The predicted molar refractivity (Wildman–Crippen MR) is 244 cm³/mol. The highest BCUT2D eigenvalue weighted by atomic mass is 16.8. The van der Waals surface area contributed by atoms with E-state index in [0.29, 0.717) is 0 Å². The molecule has 0 amide bonds. The van der Waals surface area contributed by atoms with E-state index in [2.05, 4.69) is 0 Å². The monoisotopic (exact) mass is 924 g/mol. The summed E-state index contributed by atoms with van der Waals surface area (Å²) in [5.74, 6) is -3.41. The maximum absolute atomic E-state index is 14.0. The van der Waals surface area contributed by atoms with Gasteiger partial charge in [0.25, 0.3) is 0 Å². The van der Waals surface area contributed by atoms with E-state index in [4.69, 9.17) is 42.6 Å². The quantitative estimate of drug-likeness (QED) is 0.0729. The van der Waals surface area contributed by atoms with Crippen molar-refractivity contribution in [3.05, 3.63) is 215 Å². The molecule has 0 aromatic heterocycles. The van der Waals surface area contributed by atoms with Gasteiger partial charge in [-0.25, -0.2) is 14.4 Å². The molecule has 0 saturated carbocycles. The van der Waals surface area contributed by atoms with Gasteiger partial charge in [0.1, 0.15) is 30.5 Å². The van der Waals surface area contributed by atoms with Crippen molar-refractivity contribution in [3.63, 3.8) is 0 Å². The Bertz CT molecular complexity index is 2470. The maximum atomic E-state index is 14.0. The van der Waals surface area contributed by atoms with Crippen molar-refractivity contribution in [3.8, 4) is 0 Å². The molecule has 2 aliphatic rings. The van der Waals surface area contributed by atoms with E-state index in [1.54, 1.807) is 36.4 Å². The maximum Gasteiger partial charge on any atom is 0.338 e. The molecule has 14 heteroatoms. The van der Waals surface area contributed by atoms with Crippen LogP contribution in [0.15, 0.2) is 182 Å². The second-order valence-electron chi connectivity index (χ2n) is 16.2. The highest BCUT2D eigenvalue weighted by Crippen LogP contribution is 2.36. The largest absolute Gasteiger partial charge is 0.479 e. The Kier molecular flexibility index (Phi) is 16.8. The van der Waals surface area contributed by atoms with Crippen molar-refractivity contribution in [2.75, 3.05) is 6.61 Å². The van der Waals surface area contributed by atoms with Gasteiger partial charge >= 0.3 is 17.9 Å². The van der Waals surface area contributed by atoms with Crippen LogP contribution in [0, 0.1) is 0 Å². The number of hydrogen-bond donors (Lipinski definition) is 2. The molecular formula is C54H52O14. The summed E-state index contributed by atoms with van der Waals surface area (Å²) in [6, 6.07) is 53.9. The third-order valence-electron chi connectivity index (χ3n) is 11.4. The minimum absolute atomic E-state index is 0.0203. The van der Waals surface area contributed by atoms with E-state index in [0.717, 1.165) is 22.3 Å². The summed E-state index contributed by atoms with van der Waals surface area (Å²) >= 11 is 0. The number of aliphatic hydroxyl groups excluding tert-OH is 1. The standard InChI is InChI=1S/C54H52O14/c55-50(56)47-45(46(65-51(57)40-27-15-5-16-28-40)48(53(59)66-47)67-52(58)41-29-17-6-18-30-41)68-54-49(63-34-39-25-13-4-14-26-39)44(62-33-38-23-11-3-12-24-38)43(61-32-37-21-9-2-10-22-37)42(64-54)35-60-31-36-19-7-1-8-20-36/h1-30,42-49,53-54,59H,31-35H2,(H,55,56)/t42-,43-,44+,45+,46+,47+,48-,49-,53-,54-/m1/s1. The first-order valence-electron chi connectivity index (χ1n) is 22.3. The van der Waals surface area contributed by atoms with Crippen molar-refractivity contribution in [2.24, 2.45) is 0 Å². The summed E-state index contributed by atoms with van der Waals surface area (Å²) in [6.07, 6.45) is -15.1. The van der Waals surface area contributed by atoms with Crippen molar-refractivity contribution in [1.29, 1.82) is 0 Å². The summed E-state index contributed by atoms with van der Waals surface area (Å²) in [6.45, 7) is 0.414. The summed E-state index contributed by atoms with van der Waals surface area (Å²) in [7, 11) is 0. The van der Waals surface area contributed by atoms with Gasteiger partial charge in [-0.1, -0.05) is 158 Å². The fourth-order valence-corrected chi connectivity index (χ4v) is 7.98. The molecule has 2 fully saturated rings. The molecule has 2 heterocycles. The van der Waals surface area contributed by atoms with Crippen molar-refractivity contribution >= 4 is 17.9 Å². The van der Waals surface area contributed by atoms with Crippen LogP contribution < -0.4 is 0 Å². The van der Waals surface area contributed by atoms with Crippen LogP contribution in [-0.4, -0.2) is 96.1 Å². The van der Waals surface area contributed by atoms with Gasteiger partial charge in [-0.15, -0.1) is 0 Å². The zero-order valence-electron chi connectivity index (χ0n) is 36.9. The lowest BCUT2D eigenvalue weighted by molar-refractivity contribution is -0.363. The highest BCUT2D eigenvalue weighted by molar-refractivity contribution is 5.90. The number of carbonyl (C=O) groups is 3. The predicted octanol–water partition coefficient (Wildman–Crippen LogP) is 7.32. The molecule has 0 radical (unpaired) electrons. The van der Waals surface area contributed by atoms with Crippen LogP contribution in [0.3, 0.4) is 0 Å². The SMILES string of the molecule is O=C(O[C@@H]1[C@@H](OC(=O)c2ccccc2)[C@H](O)O[C@H](C(=O)O)[C@H]1O[C@H]1O[C@H](COCc2ccccc2)[C@@H](OCc2ccccc2)[C@H](OCc2ccccc2)[C@H]1OCc1ccccc1)c1ccccc1. The number of carboxylic acid groups (broad SMARTS) is 1. The van der Waals surface area contributed by atoms with Crippen LogP contribution in [0.1, 0.15) is 43.0 Å². The molecule has 0 unspecified atom stereocenters. The first kappa shape index (κ1) is 47.9. The number of carboxylic acids is 1. The minimum Gasteiger partial charge on any atom is -0.479 e. The summed E-state index contributed by atoms with van der Waals surface area (Å²) in [5, 5.41) is 22.2. The van der Waals surface area contributed by atoms with E-state index in [1.807, 2.05) is 121 Å². The number of aliphatic carboxylic acids is 1. The third kappa shape index (κ3) is 12.7. The molecule has 0 aliphatic carbocycles. The van der Waals surface area contributed by atoms with E-state index >= 15 is 0 Å². The smallest absolute Gasteiger partial charge is 0.338 e. The molecule has 6 aromatic carbocycles. The van der Waals surface area contributed by atoms with Gasteiger partial charge in [0.15, 0.2) is 30.9 Å². The fraction of sp³-hybridized carbons (Fsp3) is 0.278. The topological polar surface area (TPSA) is 175 Å². The zero-order chi connectivity index (χ0) is 47.1. The summed E-state index contributed by atoms with van der Waals surface area (Å²) in [5.41, 5.74) is 3.61. The van der Waals surface area contributed by atoms with Crippen LogP contribution >= 0.6 is 0 Å². The van der Waals surface area contributed by atoms with E-state index in [1.165, 1.54) is 24.3 Å². The molecule has 0 bridgehead atoms. The number of rotatable bonds is 20. The Morgan fingerprint density at radius 3 is 1.29 bits per heavy atom. The van der Waals surface area contributed by atoms with Gasteiger partial charge in [0.2, 0.25) is 0 Å². The number of esters is 2. The fourth-order valence-electron chi connectivity index (χ4n) is 7.98. The number of carbonyl (C=O) groups excluding carboxylic acids is 2. The average Bonchev–Trinajstić information content (AvgIpc) is 3.38. The highest BCUT2D eigenvalue weighted by Gasteiger charge is 2.57. The van der Waals surface area contributed by atoms with Crippen LogP contribution in [-0.2, 0) is 73.9 Å². The molecule has 2 N–H and O–H groups in total. The number of ether oxygens (including phenoxy) is 9. The lowest BCUT2D eigenvalue weighted by Gasteiger charge is -2.48. The molecule has 2 saturated heterocycles. The van der Waals surface area contributed by atoms with E-state index in [9.17, 15) is 24.6 Å². The molecule has 10 atom stereocenters. The average molecular weight is 925 g/mol. The molecule has 2 aliphatic heterocycles. The minimum atomic E-state index is -2.09. The number of aliphatic hydroxyl groups is 1. The van der Waals surface area contributed by atoms with Gasteiger partial charge in [0, 0.05) is 0 Å². The summed E-state index contributed by atoms with van der Waals surface area (Å²) in [4.78, 5) is 40.8. The first-order chi connectivity index (χ1) is 33.3. The molecule has 8 rings (SSSR count). The normalized spacial score (nSPS) is 24.7. The van der Waals surface area contributed by atoms with E-state index < -0.39 is 79.3 Å². The van der Waals surface area contributed by atoms with Gasteiger partial charge in [-0.3, -0.25) is 0 Å². The number of benzene rings is 6. The van der Waals surface area contributed by atoms with Crippen molar-refractivity contribution < 1.29 is 67.2 Å². The molecule has 68 heavy (non-hydrogen) atoms. The lowest BCUT2D eigenvalue weighted by atomic mass is 9.95. The Morgan fingerprint density at radius 1 is 0.441 bits per heavy atom. The Hall–Kier alpha value is -6.59. The third-order valence-corrected chi connectivity index (χ3v) is 11.4. The van der Waals surface area contributed by atoms with Crippen molar-refractivity contribution in [2.45, 2.75) is 87.8 Å². The van der Waals surface area contributed by atoms with Gasteiger partial charge in [-0.05, 0) is 46.5 Å². The van der Waals surface area contributed by atoms with Gasteiger partial charge < -0.3 is 52.8 Å². The molecular weight excluding hydrogens is 873 g/mol. The van der Waals surface area contributed by atoms with Crippen molar-refractivity contribution in [1.82, 2.24) is 0 Å². The molecule has 0 spiro atoms. The van der Waals surface area contributed by atoms with Crippen LogP contribution in [0.4, 0.5) is 0 Å². The Balaban J connectivity index is 1.20. The molecule has 6 aromatic rings. The zero-order valence-corrected chi connectivity index (χ0v) is 36.9. The first-order valence-corrected chi connectivity index (χ1v) is 22.3. The summed E-state index contributed by atoms with van der Waals surface area (Å²) < 4.78 is 57.9. The molecule has 352 valence electrons. The lowest BCUT2D eigenvalue weighted by Crippen LogP contribution is -2.67. The second-order valence-corrected chi connectivity index (χ2v) is 16.2. The van der Waals surface area contributed by atoms with E-state index in [-0.39, 0.29) is 44.2 Å². The van der Waals surface area contributed by atoms with Crippen LogP contribution in [0.5, 0.6) is 0 Å². The molecule has 14 nitrogen and oxygen atoms in total. The van der Waals surface area contributed by atoms with Crippen LogP contribution in [0.2, 0.25) is 0 Å². The second kappa shape index (κ2) is 23.9. The number of hydrogen-bond acceptors (Lipinski definition) is 13. The van der Waals surface area contributed by atoms with Gasteiger partial charge in [-0.2, -0.15) is 0 Å². The van der Waals surface area contributed by atoms with Gasteiger partial charge in [0.05, 0.1) is 44.2 Å². The Morgan fingerprint density at radius 2 is 0.838 bits per heavy atom. The van der Waals surface area contributed by atoms with Crippen LogP contribution in [0.25, 0.3) is 0 Å².